The molecule has 4 atom stereocenters. The van der Waals surface area contributed by atoms with Gasteiger partial charge in [-0.05, 0) is 24.1 Å². The highest BCUT2D eigenvalue weighted by molar-refractivity contribution is 6.28. The molecule has 25 heavy (non-hydrogen) atoms. The van der Waals surface area contributed by atoms with E-state index in [1.165, 1.54) is 17.0 Å². The molecule has 0 aliphatic heterocycles. The fourth-order valence-corrected chi connectivity index (χ4v) is 3.58. The fraction of sp³-hybridized carbons (Fsp3) is 0.333. The SMILES string of the molecule is Nc1nc(Cl)nc2c1ncn2[C@@H]1C[C@H](n2ccccc2=O)[C@@H](O)[C@H]1O. The van der Waals surface area contributed by atoms with Gasteiger partial charge in [-0.15, -0.1) is 0 Å². The van der Waals surface area contributed by atoms with Crippen molar-refractivity contribution in [1.29, 1.82) is 0 Å². The van der Waals surface area contributed by atoms with E-state index in [2.05, 4.69) is 15.0 Å². The van der Waals surface area contributed by atoms with Gasteiger partial charge < -0.3 is 25.1 Å². The van der Waals surface area contributed by atoms with Gasteiger partial charge in [-0.25, -0.2) is 4.98 Å². The number of fused-ring (bicyclic) bond motifs is 1. The van der Waals surface area contributed by atoms with Crippen molar-refractivity contribution in [3.63, 3.8) is 0 Å². The molecule has 1 aliphatic rings. The normalized spacial score (nSPS) is 26.4. The lowest BCUT2D eigenvalue weighted by Crippen LogP contribution is -2.33. The first-order valence-electron chi connectivity index (χ1n) is 7.66. The molecule has 3 aromatic heterocycles. The minimum atomic E-state index is -1.11. The number of aromatic nitrogens is 5. The standard InChI is InChI=1S/C15H15ClN6O3/c16-15-19-13(17)10-14(20-15)22(6-18-10)8-5-7(11(24)12(8)25)21-4-2-1-3-9(21)23/h1-4,6-8,11-12,24-25H,5H2,(H2,17,19,20)/t7-,8+,11+,12-/m0/s1. The molecule has 0 radical (unpaired) electrons. The topological polar surface area (TPSA) is 132 Å². The van der Waals surface area contributed by atoms with Crippen LogP contribution < -0.4 is 11.3 Å². The quantitative estimate of drug-likeness (QED) is 0.552. The zero-order valence-electron chi connectivity index (χ0n) is 12.9. The lowest BCUT2D eigenvalue weighted by atomic mass is 10.2. The number of rotatable bonds is 2. The van der Waals surface area contributed by atoms with Crippen molar-refractivity contribution in [1.82, 2.24) is 24.1 Å². The van der Waals surface area contributed by atoms with E-state index in [0.29, 0.717) is 17.6 Å². The Balaban J connectivity index is 1.77. The van der Waals surface area contributed by atoms with E-state index in [4.69, 9.17) is 17.3 Å². The Morgan fingerprint density at radius 2 is 1.88 bits per heavy atom. The van der Waals surface area contributed by atoms with Crippen molar-refractivity contribution < 1.29 is 10.2 Å². The number of imidazole rings is 1. The van der Waals surface area contributed by atoms with Crippen molar-refractivity contribution in [2.75, 3.05) is 5.73 Å². The maximum absolute atomic E-state index is 12.0. The Bertz CT molecular complexity index is 1000. The van der Waals surface area contributed by atoms with Gasteiger partial charge in [0.1, 0.15) is 17.7 Å². The molecule has 1 aliphatic carbocycles. The smallest absolute Gasteiger partial charge is 0.250 e. The summed E-state index contributed by atoms with van der Waals surface area (Å²) in [6, 6.07) is 3.63. The molecule has 1 fully saturated rings. The third kappa shape index (κ3) is 2.48. The minimum Gasteiger partial charge on any atom is -0.388 e. The Hall–Kier alpha value is -2.49. The van der Waals surface area contributed by atoms with Crippen LogP contribution in [0, 0.1) is 0 Å². The summed E-state index contributed by atoms with van der Waals surface area (Å²) in [7, 11) is 0. The number of nitrogens with two attached hydrogens (primary N) is 1. The highest BCUT2D eigenvalue weighted by Gasteiger charge is 2.44. The predicted molar refractivity (Wildman–Crippen MR) is 90.2 cm³/mol. The number of aliphatic hydroxyl groups excluding tert-OH is 2. The van der Waals surface area contributed by atoms with Crippen molar-refractivity contribution in [3.8, 4) is 0 Å². The van der Waals surface area contributed by atoms with Crippen LogP contribution in [0.15, 0.2) is 35.5 Å². The van der Waals surface area contributed by atoms with Gasteiger partial charge >= 0.3 is 0 Å². The molecule has 3 heterocycles. The van der Waals surface area contributed by atoms with E-state index in [1.54, 1.807) is 22.9 Å². The van der Waals surface area contributed by atoms with E-state index in [9.17, 15) is 15.0 Å². The van der Waals surface area contributed by atoms with Crippen molar-refractivity contribution in [2.45, 2.75) is 30.7 Å². The molecule has 0 saturated heterocycles. The second-order valence-electron chi connectivity index (χ2n) is 6.00. The van der Waals surface area contributed by atoms with Crippen LogP contribution in [-0.2, 0) is 0 Å². The molecule has 0 aromatic carbocycles. The van der Waals surface area contributed by atoms with E-state index >= 15 is 0 Å². The molecular formula is C15H15ClN6O3. The maximum atomic E-state index is 12.0. The predicted octanol–water partition coefficient (Wildman–Crippen LogP) is 0.131. The van der Waals surface area contributed by atoms with Gasteiger partial charge in [0, 0.05) is 12.3 Å². The van der Waals surface area contributed by atoms with Crippen molar-refractivity contribution >= 4 is 28.6 Å². The number of hydrogen-bond acceptors (Lipinski definition) is 7. The molecule has 4 N–H and O–H groups in total. The zero-order chi connectivity index (χ0) is 17.7. The summed E-state index contributed by atoms with van der Waals surface area (Å²) in [4.78, 5) is 24.2. The summed E-state index contributed by atoms with van der Waals surface area (Å²) in [6.45, 7) is 0. The second kappa shape index (κ2) is 5.80. The van der Waals surface area contributed by atoms with Crippen LogP contribution in [0.25, 0.3) is 11.2 Å². The van der Waals surface area contributed by atoms with Crippen LogP contribution in [0.1, 0.15) is 18.5 Å². The van der Waals surface area contributed by atoms with Crippen LogP contribution in [0.2, 0.25) is 5.28 Å². The van der Waals surface area contributed by atoms with Crippen LogP contribution in [-0.4, -0.2) is 46.5 Å². The van der Waals surface area contributed by atoms with Gasteiger partial charge in [0.15, 0.2) is 11.5 Å². The minimum absolute atomic E-state index is 0.0318. The fourth-order valence-electron chi connectivity index (χ4n) is 3.40. The van der Waals surface area contributed by atoms with Crippen LogP contribution >= 0.6 is 11.6 Å². The number of nitrogens with zero attached hydrogens (tertiary/aromatic N) is 5. The summed E-state index contributed by atoms with van der Waals surface area (Å²) in [5, 5.41) is 21.0. The molecule has 0 spiro atoms. The van der Waals surface area contributed by atoms with Gasteiger partial charge in [0.25, 0.3) is 5.56 Å². The van der Waals surface area contributed by atoms with Gasteiger partial charge in [-0.2, -0.15) is 9.97 Å². The molecule has 0 amide bonds. The first-order chi connectivity index (χ1) is 12.0. The number of aliphatic hydroxyl groups is 2. The van der Waals surface area contributed by atoms with E-state index in [1.807, 2.05) is 0 Å². The van der Waals surface area contributed by atoms with Crippen LogP contribution in [0.5, 0.6) is 0 Å². The van der Waals surface area contributed by atoms with Gasteiger partial charge in [-0.1, -0.05) is 6.07 Å². The van der Waals surface area contributed by atoms with Gasteiger partial charge in [0.2, 0.25) is 5.28 Å². The summed E-state index contributed by atoms with van der Waals surface area (Å²) in [5.74, 6) is 0.137. The monoisotopic (exact) mass is 362 g/mol. The Morgan fingerprint density at radius 1 is 1.16 bits per heavy atom. The number of halogens is 1. The highest BCUT2D eigenvalue weighted by atomic mass is 35.5. The number of hydrogen-bond donors (Lipinski definition) is 3. The second-order valence-corrected chi connectivity index (χ2v) is 6.34. The van der Waals surface area contributed by atoms with Crippen LogP contribution in [0.4, 0.5) is 5.82 Å². The van der Waals surface area contributed by atoms with Gasteiger partial charge in [-0.3, -0.25) is 4.79 Å². The highest BCUT2D eigenvalue weighted by Crippen LogP contribution is 2.39. The summed E-state index contributed by atoms with van der Waals surface area (Å²) >= 11 is 5.87. The molecule has 10 heteroatoms. The molecule has 0 unspecified atom stereocenters. The molecular weight excluding hydrogens is 348 g/mol. The van der Waals surface area contributed by atoms with E-state index in [0.717, 1.165) is 0 Å². The lowest BCUT2D eigenvalue weighted by molar-refractivity contribution is 0.00851. The molecule has 0 bridgehead atoms. The summed E-state index contributed by atoms with van der Waals surface area (Å²) in [5.41, 5.74) is 6.29. The maximum Gasteiger partial charge on any atom is 0.250 e. The molecule has 130 valence electrons. The van der Waals surface area contributed by atoms with E-state index in [-0.39, 0.29) is 16.7 Å². The van der Waals surface area contributed by atoms with Crippen molar-refractivity contribution in [2.24, 2.45) is 0 Å². The first-order valence-corrected chi connectivity index (χ1v) is 8.04. The lowest BCUT2D eigenvalue weighted by Gasteiger charge is -2.18. The number of anilines is 1. The summed E-state index contributed by atoms with van der Waals surface area (Å²) in [6.07, 6.45) is 1.16. The molecule has 3 aromatic rings. The third-order valence-corrected chi connectivity index (χ3v) is 4.78. The summed E-state index contributed by atoms with van der Waals surface area (Å²) < 4.78 is 3.03. The van der Waals surface area contributed by atoms with Crippen molar-refractivity contribution in [3.05, 3.63) is 46.4 Å². The molecule has 4 rings (SSSR count). The van der Waals surface area contributed by atoms with Gasteiger partial charge in [0.05, 0.1) is 18.4 Å². The molecule has 1 saturated carbocycles. The molecule has 9 nitrogen and oxygen atoms in total. The Kier molecular flexibility index (Phi) is 3.71. The zero-order valence-corrected chi connectivity index (χ0v) is 13.7. The Morgan fingerprint density at radius 3 is 2.60 bits per heavy atom. The largest absolute Gasteiger partial charge is 0.388 e. The average Bonchev–Trinajstić information content (AvgIpc) is 3.11. The third-order valence-electron chi connectivity index (χ3n) is 4.61. The average molecular weight is 363 g/mol. The number of pyridine rings is 1. The Labute approximate surface area is 146 Å². The first kappa shape index (κ1) is 16.0. The van der Waals surface area contributed by atoms with Crippen LogP contribution in [0.3, 0.4) is 0 Å². The van der Waals surface area contributed by atoms with E-state index < -0.39 is 24.3 Å². The number of nitrogen functional groups attached to an aromatic ring is 1.